The first-order chi connectivity index (χ1) is 23.0. The smallest absolute Gasteiger partial charge is 0.315 e. The van der Waals surface area contributed by atoms with Gasteiger partial charge in [-0.25, -0.2) is 4.79 Å². The Hall–Kier alpha value is -3.55. The van der Waals surface area contributed by atoms with Gasteiger partial charge in [-0.3, -0.25) is 24.5 Å². The van der Waals surface area contributed by atoms with Gasteiger partial charge in [0.2, 0.25) is 24.0 Å². The number of nitrogens with two attached hydrogens (primary N) is 1. The topological polar surface area (TPSA) is 192 Å². The van der Waals surface area contributed by atoms with E-state index >= 15 is 0 Å². The van der Waals surface area contributed by atoms with Gasteiger partial charge in [0.1, 0.15) is 12.1 Å². The number of hydrogen-bond donors (Lipinski definition) is 6. The molecular weight excluding hydrogens is 628 g/mol. The summed E-state index contributed by atoms with van der Waals surface area (Å²) in [6.07, 6.45) is 3.15. The van der Waals surface area contributed by atoms with Gasteiger partial charge < -0.3 is 36.4 Å². The summed E-state index contributed by atoms with van der Waals surface area (Å²) in [6.45, 7) is 10.3. The first-order valence-electron chi connectivity index (χ1n) is 17.6. The highest BCUT2D eigenvalue weighted by Crippen LogP contribution is 2.65. The lowest BCUT2D eigenvalue weighted by Gasteiger charge is -2.37. The van der Waals surface area contributed by atoms with Crippen molar-refractivity contribution in [3.05, 3.63) is 35.4 Å². The number of primary amides is 1. The molecule has 5 rings (SSSR count). The third kappa shape index (κ3) is 7.94. The molecule has 4 aliphatic rings. The number of ether oxygens (including phenoxy) is 1. The molecule has 3 fully saturated rings. The van der Waals surface area contributed by atoms with Crippen molar-refractivity contribution in [3.63, 3.8) is 0 Å². The number of likely N-dealkylation sites (tertiary alicyclic amines) is 1. The third-order valence-electron chi connectivity index (χ3n) is 11.6. The van der Waals surface area contributed by atoms with Crippen molar-refractivity contribution in [2.45, 2.75) is 104 Å². The Morgan fingerprint density at radius 1 is 1.04 bits per heavy atom. The number of carbonyl (C=O) groups is 5. The summed E-state index contributed by atoms with van der Waals surface area (Å²) in [5.41, 5.74) is 6.95. The third-order valence-corrected chi connectivity index (χ3v) is 11.6. The standard InChI is InChI=1S/C36H54N6O7/c1-35(2,3)25(18-49-34(48)38-6)40-33(47)41-27(22-15-20-12-7-8-13-21(20)16-22)32(46)42-17-23-26(36(23,4)5)28(42)31(45)39-24(29(43)30(37)44)14-19-10-9-11-19/h7-8,12-13,19,22-28,34,38,48H,9-11,14-18H2,1-6H3,(H2,37,44)(H,39,45)(H2,40,41,47)/t23?,24?,25-,26?,27+,28+,34?/m1/s1. The van der Waals surface area contributed by atoms with E-state index in [9.17, 15) is 29.1 Å². The van der Waals surface area contributed by atoms with Crippen LogP contribution in [0, 0.1) is 34.5 Å². The van der Waals surface area contributed by atoms with Crippen LogP contribution >= 0.6 is 0 Å². The SMILES string of the molecule is CNC(O)OC[C@@H](NC(=O)N[C@H](C(=O)N1CC2C([C@H]1C(=O)NC(CC1CCC1)C(=O)C(N)=O)C2(C)C)C1Cc2ccccc2C1)C(C)(C)C. The molecule has 5 amide bonds. The largest absolute Gasteiger partial charge is 0.363 e. The zero-order valence-electron chi connectivity index (χ0n) is 29.6. The Morgan fingerprint density at radius 3 is 2.20 bits per heavy atom. The Kier molecular flexibility index (Phi) is 10.8. The second-order valence-electron chi connectivity index (χ2n) is 16.1. The van der Waals surface area contributed by atoms with Crippen LogP contribution in [0.4, 0.5) is 4.79 Å². The first-order valence-corrected chi connectivity index (χ1v) is 17.6. The van der Waals surface area contributed by atoms with Crippen molar-refractivity contribution in [3.8, 4) is 0 Å². The lowest BCUT2D eigenvalue weighted by atomic mass is 9.80. The molecular formula is C36H54N6O7. The van der Waals surface area contributed by atoms with Gasteiger partial charge in [-0.2, -0.15) is 0 Å². The lowest BCUT2D eigenvalue weighted by molar-refractivity contribution is -0.144. The fourth-order valence-corrected chi connectivity index (χ4v) is 8.04. The average molecular weight is 683 g/mol. The highest BCUT2D eigenvalue weighted by molar-refractivity contribution is 6.37. The minimum atomic E-state index is -1.21. The van der Waals surface area contributed by atoms with E-state index in [2.05, 4.69) is 35.1 Å². The van der Waals surface area contributed by atoms with Gasteiger partial charge in [-0.15, -0.1) is 0 Å². The summed E-state index contributed by atoms with van der Waals surface area (Å²) in [5, 5.41) is 21.2. The summed E-state index contributed by atoms with van der Waals surface area (Å²) in [5.74, 6) is -2.87. The van der Waals surface area contributed by atoms with Crippen LogP contribution in [-0.4, -0.2) is 90.3 Å². The molecule has 49 heavy (non-hydrogen) atoms. The molecule has 2 saturated carbocycles. The monoisotopic (exact) mass is 682 g/mol. The van der Waals surface area contributed by atoms with Crippen LogP contribution in [0.5, 0.6) is 0 Å². The Bertz CT molecular complexity index is 1410. The van der Waals surface area contributed by atoms with Gasteiger partial charge >= 0.3 is 6.03 Å². The van der Waals surface area contributed by atoms with Crippen molar-refractivity contribution in [2.75, 3.05) is 20.2 Å². The van der Waals surface area contributed by atoms with E-state index in [0.29, 0.717) is 25.8 Å². The molecule has 1 aromatic rings. The van der Waals surface area contributed by atoms with Gasteiger partial charge in [0.15, 0.2) is 0 Å². The Labute approximate surface area is 288 Å². The normalized spacial score (nSPS) is 25.2. The number of benzene rings is 1. The second-order valence-corrected chi connectivity index (χ2v) is 16.1. The summed E-state index contributed by atoms with van der Waals surface area (Å²) in [6, 6.07) is 4.02. The van der Waals surface area contributed by atoms with Crippen LogP contribution in [0.1, 0.15) is 71.4 Å². The van der Waals surface area contributed by atoms with E-state index in [-0.39, 0.29) is 41.6 Å². The molecule has 4 unspecified atom stereocenters. The number of urea groups is 1. The van der Waals surface area contributed by atoms with Gasteiger partial charge in [0.25, 0.3) is 5.91 Å². The van der Waals surface area contributed by atoms with E-state index in [0.717, 1.165) is 30.4 Å². The number of nitrogens with zero attached hydrogens (tertiary/aromatic N) is 1. The molecule has 1 saturated heterocycles. The van der Waals surface area contributed by atoms with Gasteiger partial charge in [-0.05, 0) is 71.9 Å². The highest BCUT2D eigenvalue weighted by atomic mass is 16.6. The van der Waals surface area contributed by atoms with Gasteiger partial charge in [0.05, 0.1) is 18.7 Å². The average Bonchev–Trinajstić information content (AvgIpc) is 3.38. The predicted molar refractivity (Wildman–Crippen MR) is 181 cm³/mol. The van der Waals surface area contributed by atoms with E-state index in [4.69, 9.17) is 10.5 Å². The highest BCUT2D eigenvalue weighted by Gasteiger charge is 2.70. The minimum Gasteiger partial charge on any atom is -0.363 e. The molecule has 7 N–H and O–H groups in total. The van der Waals surface area contributed by atoms with Crippen LogP contribution < -0.4 is 27.0 Å². The zero-order valence-corrected chi connectivity index (χ0v) is 29.6. The van der Waals surface area contributed by atoms with Crippen molar-refractivity contribution in [1.82, 2.24) is 26.2 Å². The molecule has 3 aliphatic carbocycles. The number of rotatable bonds is 14. The van der Waals surface area contributed by atoms with E-state index in [1.807, 2.05) is 45.0 Å². The van der Waals surface area contributed by atoms with Crippen molar-refractivity contribution >= 4 is 29.5 Å². The number of ketones is 1. The summed E-state index contributed by atoms with van der Waals surface area (Å²) >= 11 is 0. The molecule has 270 valence electrons. The fourth-order valence-electron chi connectivity index (χ4n) is 8.04. The Balaban J connectivity index is 1.38. The van der Waals surface area contributed by atoms with Crippen LogP contribution in [0.2, 0.25) is 0 Å². The van der Waals surface area contributed by atoms with E-state index < -0.39 is 59.6 Å². The summed E-state index contributed by atoms with van der Waals surface area (Å²) < 4.78 is 5.46. The molecule has 7 atom stereocenters. The summed E-state index contributed by atoms with van der Waals surface area (Å²) in [7, 11) is 1.55. The molecule has 1 aliphatic heterocycles. The minimum absolute atomic E-state index is 0.0191. The maximum Gasteiger partial charge on any atom is 0.315 e. The number of nitrogens with one attached hydrogen (secondary N) is 4. The van der Waals surface area contributed by atoms with Crippen LogP contribution in [0.25, 0.3) is 0 Å². The van der Waals surface area contributed by atoms with Crippen molar-refractivity contribution in [2.24, 2.45) is 40.2 Å². The maximum atomic E-state index is 14.7. The van der Waals surface area contributed by atoms with Crippen LogP contribution in [0.3, 0.4) is 0 Å². The number of carbonyl (C=O) groups excluding carboxylic acids is 5. The van der Waals surface area contributed by atoms with E-state index in [1.54, 1.807) is 11.9 Å². The zero-order chi connectivity index (χ0) is 35.8. The van der Waals surface area contributed by atoms with Crippen LogP contribution in [0.15, 0.2) is 24.3 Å². The van der Waals surface area contributed by atoms with Gasteiger partial charge in [-0.1, -0.05) is 78.1 Å². The summed E-state index contributed by atoms with van der Waals surface area (Å²) in [4.78, 5) is 68.8. The molecule has 1 aromatic carbocycles. The fraction of sp³-hybridized carbons (Fsp3) is 0.694. The quantitative estimate of drug-likeness (QED) is 0.125. The number of aliphatic hydroxyl groups is 1. The molecule has 13 heteroatoms. The lowest BCUT2D eigenvalue weighted by Crippen LogP contribution is -2.61. The predicted octanol–water partition coefficient (Wildman–Crippen LogP) is 1.21. The molecule has 0 bridgehead atoms. The number of hydrogen-bond acceptors (Lipinski definition) is 8. The van der Waals surface area contributed by atoms with Crippen molar-refractivity contribution in [1.29, 1.82) is 0 Å². The first kappa shape index (κ1) is 36.7. The van der Waals surface area contributed by atoms with Crippen LogP contribution in [-0.2, 0) is 36.8 Å². The van der Waals surface area contributed by atoms with Crippen molar-refractivity contribution < 1.29 is 33.8 Å². The molecule has 1 heterocycles. The number of aliphatic hydroxyl groups excluding tert-OH is 1. The Morgan fingerprint density at radius 2 is 1.67 bits per heavy atom. The van der Waals surface area contributed by atoms with E-state index in [1.165, 1.54) is 0 Å². The molecule has 0 radical (unpaired) electrons. The number of amides is 5. The molecule has 0 aromatic heterocycles. The number of piperidine rings is 1. The number of fused-ring (bicyclic) bond motifs is 2. The molecule has 0 spiro atoms. The number of Topliss-reactive ketones (excluding diaryl/α,β-unsaturated/α-hetero) is 1. The maximum absolute atomic E-state index is 14.7. The second kappa shape index (κ2) is 14.4. The molecule has 13 nitrogen and oxygen atoms in total. The van der Waals surface area contributed by atoms with Gasteiger partial charge in [0, 0.05) is 6.54 Å².